The van der Waals surface area contributed by atoms with Crippen molar-refractivity contribution in [1.29, 1.82) is 0 Å². The summed E-state index contributed by atoms with van der Waals surface area (Å²) in [5, 5.41) is 6.07. The van der Waals surface area contributed by atoms with Crippen LogP contribution in [0.1, 0.15) is 28.5 Å². The minimum Gasteiger partial charge on any atom is -0.481 e. The molecule has 1 atom stereocenters. The Morgan fingerprint density at radius 1 is 1.26 bits per heavy atom. The molecule has 8 nitrogen and oxygen atoms in total. The summed E-state index contributed by atoms with van der Waals surface area (Å²) < 4.78 is 15.7. The lowest BCUT2D eigenvalue weighted by atomic mass is 10.1. The number of amides is 1. The molecular formula is C18H18N4O4S. The first-order valence-corrected chi connectivity index (χ1v) is 9.33. The van der Waals surface area contributed by atoms with E-state index in [0.717, 1.165) is 11.3 Å². The van der Waals surface area contributed by atoms with Crippen LogP contribution in [0.5, 0.6) is 11.8 Å². The van der Waals surface area contributed by atoms with Crippen molar-refractivity contribution >= 4 is 17.2 Å². The normalized spacial score (nSPS) is 16.5. The van der Waals surface area contributed by atoms with E-state index >= 15 is 0 Å². The maximum Gasteiger partial charge on any atom is 0.267 e. The molecule has 3 aromatic heterocycles. The van der Waals surface area contributed by atoms with E-state index in [-0.39, 0.29) is 17.7 Å². The SMILES string of the molecule is COc1ccc(C(=O)N2CC[C@H](c3noc(-c4cccs4)n3)C2)c(OC)n1. The van der Waals surface area contributed by atoms with E-state index in [4.69, 9.17) is 14.0 Å². The van der Waals surface area contributed by atoms with Gasteiger partial charge in [-0.15, -0.1) is 11.3 Å². The number of hydrogen-bond acceptors (Lipinski definition) is 8. The van der Waals surface area contributed by atoms with E-state index in [2.05, 4.69) is 15.1 Å². The molecule has 1 aliphatic heterocycles. The van der Waals surface area contributed by atoms with Crippen LogP contribution in [0, 0.1) is 0 Å². The van der Waals surface area contributed by atoms with Gasteiger partial charge in [0.05, 0.1) is 19.1 Å². The predicted octanol–water partition coefficient (Wildman–Crippen LogP) is 2.84. The summed E-state index contributed by atoms with van der Waals surface area (Å²) in [6, 6.07) is 7.20. The van der Waals surface area contributed by atoms with E-state index in [9.17, 15) is 4.79 Å². The van der Waals surface area contributed by atoms with Crippen molar-refractivity contribution in [3.05, 3.63) is 41.0 Å². The molecule has 1 aliphatic rings. The highest BCUT2D eigenvalue weighted by Crippen LogP contribution is 2.31. The second-order valence-corrected chi connectivity index (χ2v) is 7.03. The molecule has 0 aliphatic carbocycles. The largest absolute Gasteiger partial charge is 0.481 e. The molecule has 0 radical (unpaired) electrons. The summed E-state index contributed by atoms with van der Waals surface area (Å²) in [6.07, 6.45) is 0.779. The van der Waals surface area contributed by atoms with Gasteiger partial charge in [-0.2, -0.15) is 9.97 Å². The van der Waals surface area contributed by atoms with Crippen molar-refractivity contribution in [3.63, 3.8) is 0 Å². The van der Waals surface area contributed by atoms with Gasteiger partial charge >= 0.3 is 0 Å². The number of hydrogen-bond donors (Lipinski definition) is 0. The van der Waals surface area contributed by atoms with Gasteiger partial charge in [0, 0.05) is 25.1 Å². The summed E-state index contributed by atoms with van der Waals surface area (Å²) in [5.41, 5.74) is 0.409. The molecule has 4 heterocycles. The van der Waals surface area contributed by atoms with E-state index in [1.165, 1.54) is 14.2 Å². The Hall–Kier alpha value is -2.94. The van der Waals surface area contributed by atoms with Gasteiger partial charge in [0.15, 0.2) is 5.82 Å². The standard InChI is InChI=1S/C18H18N4O4S/c1-24-14-6-5-12(16(19-14)25-2)18(23)22-8-7-11(10-22)15-20-17(26-21-15)13-4-3-9-27-13/h3-6,9,11H,7-8,10H2,1-2H3/t11-/m0/s1. The third kappa shape index (κ3) is 3.37. The van der Waals surface area contributed by atoms with Crippen LogP contribution < -0.4 is 9.47 Å². The van der Waals surface area contributed by atoms with Crippen LogP contribution in [0.3, 0.4) is 0 Å². The monoisotopic (exact) mass is 386 g/mol. The maximum atomic E-state index is 12.9. The average molecular weight is 386 g/mol. The predicted molar refractivity (Wildman–Crippen MR) is 98.2 cm³/mol. The molecule has 1 saturated heterocycles. The summed E-state index contributed by atoms with van der Waals surface area (Å²) in [4.78, 5) is 24.3. The highest BCUT2D eigenvalue weighted by molar-refractivity contribution is 7.13. The molecule has 9 heteroatoms. The Bertz CT molecular complexity index is 941. The zero-order valence-electron chi connectivity index (χ0n) is 14.9. The van der Waals surface area contributed by atoms with Gasteiger partial charge in [-0.3, -0.25) is 4.79 Å². The molecule has 27 heavy (non-hydrogen) atoms. The quantitative estimate of drug-likeness (QED) is 0.666. The Kier molecular flexibility index (Phi) is 4.76. The fourth-order valence-corrected chi connectivity index (χ4v) is 3.73. The van der Waals surface area contributed by atoms with Crippen LogP contribution in [0.15, 0.2) is 34.2 Å². The summed E-state index contributed by atoms with van der Waals surface area (Å²) in [7, 11) is 3.00. The van der Waals surface area contributed by atoms with Crippen LogP contribution in [0.25, 0.3) is 10.8 Å². The van der Waals surface area contributed by atoms with E-state index in [1.807, 2.05) is 17.5 Å². The Balaban J connectivity index is 1.49. The number of likely N-dealkylation sites (tertiary alicyclic amines) is 1. The van der Waals surface area contributed by atoms with E-state index in [0.29, 0.717) is 36.2 Å². The zero-order chi connectivity index (χ0) is 18.8. The number of ether oxygens (including phenoxy) is 2. The average Bonchev–Trinajstić information content (AvgIpc) is 3.46. The van der Waals surface area contributed by atoms with Crippen LogP contribution in [-0.4, -0.2) is 53.2 Å². The third-order valence-corrected chi connectivity index (χ3v) is 5.34. The molecule has 0 spiro atoms. The van der Waals surface area contributed by atoms with Crippen LogP contribution in [0.2, 0.25) is 0 Å². The first-order valence-electron chi connectivity index (χ1n) is 8.45. The van der Waals surface area contributed by atoms with Gasteiger partial charge in [-0.05, 0) is 23.9 Å². The molecule has 0 bridgehead atoms. The summed E-state index contributed by atoms with van der Waals surface area (Å²) in [6.45, 7) is 1.14. The van der Waals surface area contributed by atoms with Crippen molar-refractivity contribution in [1.82, 2.24) is 20.0 Å². The molecule has 140 valence electrons. The molecule has 4 rings (SSSR count). The number of methoxy groups -OCH3 is 2. The number of carbonyl (C=O) groups is 1. The Morgan fingerprint density at radius 2 is 2.15 bits per heavy atom. The summed E-state index contributed by atoms with van der Waals surface area (Å²) in [5.74, 6) is 1.72. The van der Waals surface area contributed by atoms with Crippen molar-refractivity contribution in [2.75, 3.05) is 27.3 Å². The van der Waals surface area contributed by atoms with Gasteiger partial charge in [0.1, 0.15) is 5.56 Å². The first kappa shape index (κ1) is 17.5. The molecule has 1 amide bonds. The van der Waals surface area contributed by atoms with Crippen molar-refractivity contribution < 1.29 is 18.8 Å². The first-order chi connectivity index (χ1) is 13.2. The number of aromatic nitrogens is 3. The molecule has 0 unspecified atom stereocenters. The van der Waals surface area contributed by atoms with Gasteiger partial charge in [-0.25, -0.2) is 0 Å². The highest BCUT2D eigenvalue weighted by Gasteiger charge is 2.32. The lowest BCUT2D eigenvalue weighted by Crippen LogP contribution is -2.29. The number of carbonyl (C=O) groups excluding carboxylic acids is 1. The lowest BCUT2D eigenvalue weighted by Gasteiger charge is -2.17. The summed E-state index contributed by atoms with van der Waals surface area (Å²) >= 11 is 1.55. The number of thiophene rings is 1. The maximum absolute atomic E-state index is 12.9. The Labute approximate surface area is 159 Å². The zero-order valence-corrected chi connectivity index (χ0v) is 15.7. The number of nitrogens with zero attached hydrogens (tertiary/aromatic N) is 4. The van der Waals surface area contributed by atoms with Crippen LogP contribution in [0.4, 0.5) is 0 Å². The Morgan fingerprint density at radius 3 is 2.89 bits per heavy atom. The molecule has 0 aromatic carbocycles. The third-order valence-electron chi connectivity index (χ3n) is 4.48. The molecule has 0 N–H and O–H groups in total. The van der Waals surface area contributed by atoms with Crippen LogP contribution >= 0.6 is 11.3 Å². The molecule has 0 saturated carbocycles. The molecular weight excluding hydrogens is 368 g/mol. The topological polar surface area (TPSA) is 90.6 Å². The highest BCUT2D eigenvalue weighted by atomic mass is 32.1. The van der Waals surface area contributed by atoms with Gasteiger partial charge in [0.25, 0.3) is 11.8 Å². The van der Waals surface area contributed by atoms with Crippen molar-refractivity contribution in [2.24, 2.45) is 0 Å². The minimum atomic E-state index is -0.133. The fourth-order valence-electron chi connectivity index (χ4n) is 3.08. The van der Waals surface area contributed by atoms with Gasteiger partial charge in [0.2, 0.25) is 11.8 Å². The molecule has 3 aromatic rings. The minimum absolute atomic E-state index is 0.0450. The van der Waals surface area contributed by atoms with Crippen LogP contribution in [-0.2, 0) is 0 Å². The molecule has 1 fully saturated rings. The van der Waals surface area contributed by atoms with Gasteiger partial charge < -0.3 is 18.9 Å². The van der Waals surface area contributed by atoms with Crippen molar-refractivity contribution in [3.8, 4) is 22.5 Å². The number of pyridine rings is 1. The second-order valence-electron chi connectivity index (χ2n) is 6.08. The van der Waals surface area contributed by atoms with E-state index in [1.54, 1.807) is 28.4 Å². The van der Waals surface area contributed by atoms with E-state index < -0.39 is 0 Å². The lowest BCUT2D eigenvalue weighted by molar-refractivity contribution is 0.0786. The van der Waals surface area contributed by atoms with Crippen molar-refractivity contribution in [2.45, 2.75) is 12.3 Å². The second kappa shape index (κ2) is 7.36. The van der Waals surface area contributed by atoms with Gasteiger partial charge in [-0.1, -0.05) is 11.2 Å². The fraction of sp³-hybridized carbons (Fsp3) is 0.333. The smallest absolute Gasteiger partial charge is 0.267 e. The number of rotatable bonds is 5.